The number of amides is 1. The first-order chi connectivity index (χ1) is 8.48. The number of pyridine rings is 1. The number of hydrogen-bond donors (Lipinski definition) is 1. The molecule has 0 aliphatic rings. The molecule has 0 aliphatic heterocycles. The van der Waals surface area contributed by atoms with Gasteiger partial charge in [0.15, 0.2) is 0 Å². The summed E-state index contributed by atoms with van der Waals surface area (Å²) in [5.41, 5.74) is -0.818. The minimum atomic E-state index is -0.818. The maximum Gasteiger partial charge on any atom is 0.231 e. The minimum absolute atomic E-state index is 0.0614. The molecular weight excluding hydrogens is 246 g/mol. The lowest BCUT2D eigenvalue weighted by Gasteiger charge is -2.27. The first kappa shape index (κ1) is 14.5. The maximum absolute atomic E-state index is 11.8. The average molecular weight is 263 g/mol. The Morgan fingerprint density at radius 3 is 2.83 bits per heavy atom. The topological polar surface area (TPSA) is 65.8 Å². The van der Waals surface area contributed by atoms with Crippen LogP contribution in [0.1, 0.15) is 20.8 Å². The third kappa shape index (κ3) is 4.04. The Labute approximate surface area is 112 Å². The van der Waals surface area contributed by atoms with Gasteiger partial charge in [-0.15, -0.1) is 0 Å². The van der Waals surface area contributed by atoms with Crippen LogP contribution < -0.4 is 5.32 Å². The van der Waals surface area contributed by atoms with Crippen molar-refractivity contribution in [3.63, 3.8) is 0 Å². The van der Waals surface area contributed by atoms with E-state index in [1.165, 1.54) is 11.8 Å². The van der Waals surface area contributed by atoms with Gasteiger partial charge in [-0.3, -0.25) is 4.79 Å². The van der Waals surface area contributed by atoms with Crippen molar-refractivity contribution in [3.8, 4) is 6.07 Å². The molecule has 1 atom stereocenters. The van der Waals surface area contributed by atoms with Gasteiger partial charge in [0.25, 0.3) is 0 Å². The Morgan fingerprint density at radius 2 is 2.33 bits per heavy atom. The van der Waals surface area contributed by atoms with Crippen LogP contribution in [0.15, 0.2) is 29.4 Å². The van der Waals surface area contributed by atoms with Gasteiger partial charge in [-0.2, -0.15) is 5.26 Å². The standard InChI is InChI=1S/C13H17N3OS/c1-10(2)13(3,9-14)16-11(17)8-18-12-6-4-5-7-15-12/h4-7,10H,8H2,1-3H3,(H,16,17)/t13-/m1/s1. The quantitative estimate of drug-likeness (QED) is 0.827. The van der Waals surface area contributed by atoms with Gasteiger partial charge in [-0.1, -0.05) is 31.7 Å². The van der Waals surface area contributed by atoms with Crippen molar-refractivity contribution in [1.82, 2.24) is 10.3 Å². The Bertz CT molecular complexity index is 441. The minimum Gasteiger partial charge on any atom is -0.337 e. The van der Waals surface area contributed by atoms with E-state index in [1.54, 1.807) is 13.1 Å². The molecule has 1 heterocycles. The highest BCUT2D eigenvalue weighted by atomic mass is 32.2. The van der Waals surface area contributed by atoms with Crippen LogP contribution in [0.3, 0.4) is 0 Å². The number of nitriles is 1. The second-order valence-corrected chi connectivity index (χ2v) is 5.47. The van der Waals surface area contributed by atoms with E-state index in [0.717, 1.165) is 5.03 Å². The van der Waals surface area contributed by atoms with Crippen molar-refractivity contribution in [2.24, 2.45) is 5.92 Å². The average Bonchev–Trinajstić information content (AvgIpc) is 2.37. The van der Waals surface area contributed by atoms with E-state index in [2.05, 4.69) is 16.4 Å². The van der Waals surface area contributed by atoms with Crippen molar-refractivity contribution in [1.29, 1.82) is 5.26 Å². The predicted octanol–water partition coefficient (Wildman–Crippen LogP) is 2.23. The summed E-state index contributed by atoms with van der Waals surface area (Å²) in [6.45, 7) is 5.56. The van der Waals surface area contributed by atoms with Gasteiger partial charge >= 0.3 is 0 Å². The highest BCUT2D eigenvalue weighted by Gasteiger charge is 2.29. The van der Waals surface area contributed by atoms with E-state index in [9.17, 15) is 4.79 Å². The van der Waals surface area contributed by atoms with Gasteiger partial charge < -0.3 is 5.32 Å². The Hall–Kier alpha value is -1.54. The zero-order valence-corrected chi connectivity index (χ0v) is 11.6. The molecule has 0 saturated heterocycles. The van der Waals surface area contributed by atoms with Crippen molar-refractivity contribution in [2.75, 3.05) is 5.75 Å². The van der Waals surface area contributed by atoms with Crippen molar-refractivity contribution in [3.05, 3.63) is 24.4 Å². The summed E-state index contributed by atoms with van der Waals surface area (Å²) in [6.07, 6.45) is 1.69. The molecule has 18 heavy (non-hydrogen) atoms. The van der Waals surface area contributed by atoms with Gasteiger partial charge in [-0.25, -0.2) is 4.98 Å². The second-order valence-electron chi connectivity index (χ2n) is 4.47. The van der Waals surface area contributed by atoms with Crippen LogP contribution in [0.25, 0.3) is 0 Å². The summed E-state index contributed by atoms with van der Waals surface area (Å²) in [5, 5.41) is 12.7. The molecule has 0 spiro atoms. The molecule has 0 radical (unpaired) electrons. The maximum atomic E-state index is 11.8. The number of rotatable bonds is 5. The fraction of sp³-hybridized carbons (Fsp3) is 0.462. The largest absolute Gasteiger partial charge is 0.337 e. The molecule has 0 aliphatic carbocycles. The molecule has 0 fully saturated rings. The molecule has 1 amide bonds. The highest BCUT2D eigenvalue weighted by molar-refractivity contribution is 7.99. The van der Waals surface area contributed by atoms with Gasteiger partial charge in [-0.05, 0) is 25.0 Å². The number of carbonyl (C=O) groups excluding carboxylic acids is 1. The fourth-order valence-electron chi connectivity index (χ4n) is 1.20. The third-order valence-electron chi connectivity index (χ3n) is 2.77. The molecule has 0 bridgehead atoms. The van der Waals surface area contributed by atoms with E-state index in [-0.39, 0.29) is 17.6 Å². The number of thioether (sulfide) groups is 1. The smallest absolute Gasteiger partial charge is 0.231 e. The van der Waals surface area contributed by atoms with E-state index >= 15 is 0 Å². The van der Waals surface area contributed by atoms with Crippen molar-refractivity contribution in [2.45, 2.75) is 31.3 Å². The molecule has 0 unspecified atom stereocenters. The monoisotopic (exact) mass is 263 g/mol. The number of hydrogen-bond acceptors (Lipinski definition) is 4. The zero-order valence-electron chi connectivity index (χ0n) is 10.8. The van der Waals surface area contributed by atoms with Crippen LogP contribution in [0.2, 0.25) is 0 Å². The normalized spacial score (nSPS) is 13.7. The molecule has 96 valence electrons. The molecule has 1 aromatic rings. The number of nitrogens with zero attached hydrogens (tertiary/aromatic N) is 2. The van der Waals surface area contributed by atoms with Gasteiger partial charge in [0.2, 0.25) is 5.91 Å². The number of carbonyl (C=O) groups is 1. The molecule has 5 heteroatoms. The van der Waals surface area contributed by atoms with Crippen molar-refractivity contribution >= 4 is 17.7 Å². The number of nitrogens with one attached hydrogen (secondary N) is 1. The lowest BCUT2D eigenvalue weighted by molar-refractivity contribution is -0.120. The summed E-state index contributed by atoms with van der Waals surface area (Å²) >= 11 is 1.36. The molecule has 1 rings (SSSR count). The summed E-state index contributed by atoms with van der Waals surface area (Å²) in [4.78, 5) is 15.9. The fourth-order valence-corrected chi connectivity index (χ4v) is 1.86. The third-order valence-corrected chi connectivity index (χ3v) is 3.72. The van der Waals surface area contributed by atoms with Gasteiger partial charge in [0, 0.05) is 6.20 Å². The second kappa shape index (κ2) is 6.41. The van der Waals surface area contributed by atoms with Gasteiger partial charge in [0.1, 0.15) is 5.54 Å². The highest BCUT2D eigenvalue weighted by Crippen LogP contribution is 2.17. The van der Waals surface area contributed by atoms with Crippen molar-refractivity contribution < 1.29 is 4.79 Å². The SMILES string of the molecule is CC(C)[C@@](C)(C#N)NC(=O)CSc1ccccn1. The zero-order chi connectivity index (χ0) is 13.6. The molecule has 1 N–H and O–H groups in total. The Balaban J connectivity index is 2.50. The first-order valence-electron chi connectivity index (χ1n) is 5.74. The molecule has 4 nitrogen and oxygen atoms in total. The predicted molar refractivity (Wildman–Crippen MR) is 72.0 cm³/mol. The van der Waals surface area contributed by atoms with Crippen LogP contribution in [-0.2, 0) is 4.79 Å². The summed E-state index contributed by atoms with van der Waals surface area (Å²) < 4.78 is 0. The van der Waals surface area contributed by atoms with E-state index in [4.69, 9.17) is 5.26 Å². The van der Waals surface area contributed by atoms with E-state index in [1.807, 2.05) is 32.0 Å². The van der Waals surface area contributed by atoms with Gasteiger partial charge in [0.05, 0.1) is 16.8 Å². The van der Waals surface area contributed by atoms with E-state index < -0.39 is 5.54 Å². The summed E-state index contributed by atoms with van der Waals surface area (Å²) in [6, 6.07) is 7.71. The number of aromatic nitrogens is 1. The molecular formula is C13H17N3OS. The van der Waals surface area contributed by atoms with Crippen LogP contribution in [0, 0.1) is 17.2 Å². The lowest BCUT2D eigenvalue weighted by atomic mass is 9.90. The summed E-state index contributed by atoms with van der Waals surface area (Å²) in [5.74, 6) is 0.177. The Morgan fingerprint density at radius 1 is 1.61 bits per heavy atom. The lowest BCUT2D eigenvalue weighted by Crippen LogP contribution is -2.49. The first-order valence-corrected chi connectivity index (χ1v) is 6.72. The molecule has 0 saturated carbocycles. The van der Waals surface area contributed by atoms with Crippen LogP contribution >= 0.6 is 11.8 Å². The summed E-state index contributed by atoms with van der Waals surface area (Å²) in [7, 11) is 0. The molecule has 0 aromatic carbocycles. The Kier molecular flexibility index (Phi) is 5.17. The van der Waals surface area contributed by atoms with E-state index in [0.29, 0.717) is 0 Å². The van der Waals surface area contributed by atoms with Crippen LogP contribution in [0.5, 0.6) is 0 Å². The van der Waals surface area contributed by atoms with Crippen LogP contribution in [0.4, 0.5) is 0 Å². The van der Waals surface area contributed by atoms with Crippen LogP contribution in [-0.4, -0.2) is 22.2 Å². The molecule has 1 aromatic heterocycles.